The van der Waals surface area contributed by atoms with E-state index in [1.165, 1.54) is 19.3 Å². The zero-order chi connectivity index (χ0) is 9.68. The van der Waals surface area contributed by atoms with Crippen LogP contribution in [0.5, 0.6) is 0 Å². The maximum absolute atomic E-state index is 8.53. The maximum Gasteiger partial charge on any atom is 0.212 e. The average molecular weight is 180 g/mol. The summed E-state index contributed by atoms with van der Waals surface area (Å²) < 4.78 is 0. The third-order valence-corrected chi connectivity index (χ3v) is 2.19. The lowest BCUT2D eigenvalue weighted by atomic mass is 10.1. The van der Waals surface area contributed by atoms with Gasteiger partial charge in [0.25, 0.3) is 0 Å². The Morgan fingerprint density at radius 1 is 1.31 bits per heavy atom. The van der Waals surface area contributed by atoms with E-state index in [4.69, 9.17) is 5.26 Å². The van der Waals surface area contributed by atoms with Crippen LogP contribution in [0, 0.1) is 11.5 Å². The van der Waals surface area contributed by atoms with E-state index in [1.807, 2.05) is 25.2 Å². The molecule has 1 saturated heterocycles. The summed E-state index contributed by atoms with van der Waals surface area (Å²) >= 11 is 0. The predicted octanol–water partition coefficient (Wildman–Crippen LogP) is 0.871. The van der Waals surface area contributed by atoms with Crippen molar-refractivity contribution in [3.63, 3.8) is 0 Å². The average Bonchev–Trinajstić information content (AvgIpc) is 2.15. The number of rotatable bonds is 0. The van der Waals surface area contributed by atoms with Gasteiger partial charge < -0.3 is 9.80 Å². The summed E-state index contributed by atoms with van der Waals surface area (Å²) in [5.41, 5.74) is 0. The number of guanidine groups is 1. The third kappa shape index (κ3) is 2.62. The molecule has 0 amide bonds. The van der Waals surface area contributed by atoms with E-state index in [0.29, 0.717) is 0 Å². The first kappa shape index (κ1) is 9.85. The zero-order valence-corrected chi connectivity index (χ0v) is 8.32. The summed E-state index contributed by atoms with van der Waals surface area (Å²) in [6, 6.07) is 0. The lowest BCUT2D eigenvalue weighted by Gasteiger charge is -2.32. The molecular formula is C9H16N4. The van der Waals surface area contributed by atoms with Gasteiger partial charge in [-0.2, -0.15) is 5.26 Å². The molecule has 0 spiro atoms. The number of nitrogens with zero attached hydrogens (tertiary/aromatic N) is 4. The summed E-state index contributed by atoms with van der Waals surface area (Å²) in [5.74, 6) is 0.794. The number of nitriles is 1. The fourth-order valence-corrected chi connectivity index (χ4v) is 1.59. The molecule has 1 heterocycles. The standard InChI is InChI=1S/C9H16N4/c1-12(2)9(11-8-10)13-6-4-3-5-7-13/h3-7H2,1-2H3. The molecule has 0 radical (unpaired) electrons. The first-order valence-electron chi connectivity index (χ1n) is 4.64. The van der Waals surface area contributed by atoms with E-state index in [0.717, 1.165) is 19.0 Å². The van der Waals surface area contributed by atoms with Crippen LogP contribution in [-0.4, -0.2) is 42.9 Å². The molecule has 0 aromatic rings. The molecule has 0 unspecified atom stereocenters. The summed E-state index contributed by atoms with van der Waals surface area (Å²) in [5, 5.41) is 8.53. The lowest BCUT2D eigenvalue weighted by Crippen LogP contribution is -2.43. The second-order valence-corrected chi connectivity index (χ2v) is 3.45. The van der Waals surface area contributed by atoms with Gasteiger partial charge in [0.05, 0.1) is 0 Å². The van der Waals surface area contributed by atoms with Crippen LogP contribution < -0.4 is 0 Å². The van der Waals surface area contributed by atoms with E-state index in [1.54, 1.807) is 0 Å². The quantitative estimate of drug-likeness (QED) is 0.315. The molecule has 0 saturated carbocycles. The Morgan fingerprint density at radius 3 is 2.38 bits per heavy atom. The van der Waals surface area contributed by atoms with Gasteiger partial charge in [-0.15, -0.1) is 4.99 Å². The van der Waals surface area contributed by atoms with Crippen LogP contribution in [0.1, 0.15) is 19.3 Å². The molecule has 1 aliphatic rings. The van der Waals surface area contributed by atoms with Gasteiger partial charge >= 0.3 is 0 Å². The molecule has 0 aliphatic carbocycles. The van der Waals surface area contributed by atoms with E-state index in [9.17, 15) is 0 Å². The Bertz CT molecular complexity index is 220. The molecule has 0 bridgehead atoms. The molecule has 72 valence electrons. The second-order valence-electron chi connectivity index (χ2n) is 3.45. The van der Waals surface area contributed by atoms with Crippen LogP contribution in [0.4, 0.5) is 0 Å². The van der Waals surface area contributed by atoms with Crippen molar-refractivity contribution >= 4 is 5.96 Å². The highest BCUT2D eigenvalue weighted by atomic mass is 15.4. The van der Waals surface area contributed by atoms with Crippen LogP contribution >= 0.6 is 0 Å². The largest absolute Gasteiger partial charge is 0.348 e. The molecule has 4 nitrogen and oxygen atoms in total. The minimum atomic E-state index is 0.794. The first-order chi connectivity index (χ1) is 6.25. The fraction of sp³-hybridized carbons (Fsp3) is 0.778. The van der Waals surface area contributed by atoms with Crippen LogP contribution in [-0.2, 0) is 0 Å². The second kappa shape index (κ2) is 4.70. The van der Waals surface area contributed by atoms with Crippen LogP contribution in [0.15, 0.2) is 4.99 Å². The zero-order valence-electron chi connectivity index (χ0n) is 8.32. The van der Waals surface area contributed by atoms with E-state index < -0.39 is 0 Å². The van der Waals surface area contributed by atoms with Gasteiger partial charge in [0.2, 0.25) is 12.2 Å². The van der Waals surface area contributed by atoms with Gasteiger partial charge in [0, 0.05) is 27.2 Å². The Hall–Kier alpha value is -1.24. The van der Waals surface area contributed by atoms with E-state index in [-0.39, 0.29) is 0 Å². The SMILES string of the molecule is CN(C)C(=NC#N)N1CCCCC1. The van der Waals surface area contributed by atoms with Gasteiger partial charge in [-0.25, -0.2) is 0 Å². The highest BCUT2D eigenvalue weighted by molar-refractivity contribution is 5.80. The van der Waals surface area contributed by atoms with Crippen molar-refractivity contribution in [1.82, 2.24) is 9.80 Å². The molecule has 1 rings (SSSR count). The van der Waals surface area contributed by atoms with Gasteiger partial charge in [0.15, 0.2) is 0 Å². The van der Waals surface area contributed by atoms with Crippen molar-refractivity contribution in [2.75, 3.05) is 27.2 Å². The number of piperidine rings is 1. The predicted molar refractivity (Wildman–Crippen MR) is 52.2 cm³/mol. The molecule has 0 N–H and O–H groups in total. The molecule has 0 atom stereocenters. The van der Waals surface area contributed by atoms with Crippen molar-refractivity contribution in [1.29, 1.82) is 5.26 Å². The third-order valence-electron chi connectivity index (χ3n) is 2.19. The van der Waals surface area contributed by atoms with Gasteiger partial charge in [-0.1, -0.05) is 0 Å². The smallest absolute Gasteiger partial charge is 0.212 e. The highest BCUT2D eigenvalue weighted by Crippen LogP contribution is 2.09. The van der Waals surface area contributed by atoms with Crippen LogP contribution in [0.2, 0.25) is 0 Å². The van der Waals surface area contributed by atoms with Gasteiger partial charge in [0.1, 0.15) is 0 Å². The molecule has 1 aliphatic heterocycles. The minimum absolute atomic E-state index is 0.794. The summed E-state index contributed by atoms with van der Waals surface area (Å²) in [6.07, 6.45) is 5.56. The number of hydrogen-bond donors (Lipinski definition) is 0. The minimum Gasteiger partial charge on any atom is -0.348 e. The number of aliphatic imine (C=N–C) groups is 1. The van der Waals surface area contributed by atoms with Gasteiger partial charge in [-0.3, -0.25) is 0 Å². The van der Waals surface area contributed by atoms with Crippen molar-refractivity contribution in [2.24, 2.45) is 4.99 Å². The molecule has 0 aromatic heterocycles. The van der Waals surface area contributed by atoms with Crippen molar-refractivity contribution in [3.05, 3.63) is 0 Å². The molecule has 1 fully saturated rings. The topological polar surface area (TPSA) is 42.6 Å². The van der Waals surface area contributed by atoms with E-state index in [2.05, 4.69) is 9.89 Å². The molecule has 0 aromatic carbocycles. The normalized spacial score (nSPS) is 18.2. The van der Waals surface area contributed by atoms with Gasteiger partial charge in [-0.05, 0) is 19.3 Å². The Labute approximate surface area is 79.5 Å². The van der Waals surface area contributed by atoms with Crippen LogP contribution in [0.3, 0.4) is 0 Å². The Kier molecular flexibility index (Phi) is 3.56. The number of hydrogen-bond acceptors (Lipinski definition) is 2. The fourth-order valence-electron chi connectivity index (χ4n) is 1.59. The Balaban J connectivity index is 2.64. The molecule has 4 heteroatoms. The monoisotopic (exact) mass is 180 g/mol. The van der Waals surface area contributed by atoms with Crippen molar-refractivity contribution in [3.8, 4) is 6.19 Å². The first-order valence-corrected chi connectivity index (χ1v) is 4.64. The van der Waals surface area contributed by atoms with Crippen LogP contribution in [0.25, 0.3) is 0 Å². The highest BCUT2D eigenvalue weighted by Gasteiger charge is 2.15. The summed E-state index contributed by atoms with van der Waals surface area (Å²) in [4.78, 5) is 7.89. The lowest BCUT2D eigenvalue weighted by molar-refractivity contribution is 0.309. The van der Waals surface area contributed by atoms with E-state index >= 15 is 0 Å². The summed E-state index contributed by atoms with van der Waals surface area (Å²) in [6.45, 7) is 2.05. The van der Waals surface area contributed by atoms with Crippen molar-refractivity contribution < 1.29 is 0 Å². The molecule has 13 heavy (non-hydrogen) atoms. The Morgan fingerprint density at radius 2 is 1.92 bits per heavy atom. The van der Waals surface area contributed by atoms with Crippen molar-refractivity contribution in [2.45, 2.75) is 19.3 Å². The maximum atomic E-state index is 8.53. The summed E-state index contributed by atoms with van der Waals surface area (Å²) in [7, 11) is 3.84. The number of likely N-dealkylation sites (tertiary alicyclic amines) is 1. The molecular weight excluding hydrogens is 164 g/mol.